The molecule has 0 saturated carbocycles. The Kier molecular flexibility index (Phi) is 10.3. The molecule has 1 heterocycles. The van der Waals surface area contributed by atoms with Gasteiger partial charge in [-0.25, -0.2) is 4.99 Å². The average Bonchev–Trinajstić information content (AvgIpc) is 3.07. The first kappa shape index (κ1) is 23.0. The molecule has 1 aliphatic rings. The minimum absolute atomic E-state index is 0. The van der Waals surface area contributed by atoms with Crippen LogP contribution in [0.4, 0.5) is 5.69 Å². The molecule has 6 nitrogen and oxygen atoms in total. The van der Waals surface area contributed by atoms with Crippen LogP contribution in [0.1, 0.15) is 25.3 Å². The second-order valence-corrected chi connectivity index (χ2v) is 6.89. The number of aliphatic hydroxyl groups excluding tert-OH is 1. The van der Waals surface area contributed by atoms with Crippen molar-refractivity contribution in [3.8, 4) is 0 Å². The lowest BCUT2D eigenvalue weighted by atomic mass is 9.84. The lowest BCUT2D eigenvalue weighted by Crippen LogP contribution is -2.44. The Morgan fingerprint density at radius 1 is 1.27 bits per heavy atom. The summed E-state index contributed by atoms with van der Waals surface area (Å²) in [6, 6.07) is 8.44. The molecule has 0 spiro atoms. The van der Waals surface area contributed by atoms with Gasteiger partial charge in [-0.15, -0.1) is 24.0 Å². The van der Waals surface area contributed by atoms with E-state index in [1.807, 2.05) is 14.1 Å². The fourth-order valence-corrected chi connectivity index (χ4v) is 2.99. The number of guanidine groups is 1. The van der Waals surface area contributed by atoms with Crippen molar-refractivity contribution in [3.63, 3.8) is 0 Å². The maximum atomic E-state index is 9.34. The van der Waals surface area contributed by atoms with Crippen LogP contribution in [0.25, 0.3) is 0 Å². The van der Waals surface area contributed by atoms with E-state index >= 15 is 0 Å². The van der Waals surface area contributed by atoms with E-state index in [4.69, 9.17) is 4.74 Å². The monoisotopic (exact) mass is 476 g/mol. The number of rotatable bonds is 8. The highest BCUT2D eigenvalue weighted by Crippen LogP contribution is 2.31. The highest BCUT2D eigenvalue weighted by atomic mass is 127. The molecule has 0 aromatic heterocycles. The number of aliphatic imine (C=N–C) groups is 1. The third-order valence-corrected chi connectivity index (χ3v) is 4.67. The number of nitrogens with zero attached hydrogens (tertiary/aromatic N) is 2. The summed E-state index contributed by atoms with van der Waals surface area (Å²) in [6.07, 6.45) is 1.73. The molecule has 3 N–H and O–H groups in total. The van der Waals surface area contributed by atoms with Crippen molar-refractivity contribution in [1.29, 1.82) is 0 Å². The molecule has 1 aliphatic heterocycles. The summed E-state index contributed by atoms with van der Waals surface area (Å²) in [5.41, 5.74) is 2.38. The van der Waals surface area contributed by atoms with E-state index in [1.54, 1.807) is 0 Å². The van der Waals surface area contributed by atoms with Crippen LogP contribution in [0.2, 0.25) is 0 Å². The van der Waals surface area contributed by atoms with Gasteiger partial charge < -0.3 is 25.4 Å². The van der Waals surface area contributed by atoms with Crippen LogP contribution in [0, 0.1) is 5.41 Å². The third-order valence-electron chi connectivity index (χ3n) is 4.67. The number of ether oxygens (including phenoxy) is 1. The first-order valence-corrected chi connectivity index (χ1v) is 9.05. The quantitative estimate of drug-likeness (QED) is 0.305. The lowest BCUT2D eigenvalue weighted by molar-refractivity contribution is 0.127. The molecule has 1 fully saturated rings. The van der Waals surface area contributed by atoms with Gasteiger partial charge in [-0.3, -0.25) is 0 Å². The van der Waals surface area contributed by atoms with Gasteiger partial charge in [0.25, 0.3) is 0 Å². The molecule has 0 radical (unpaired) electrons. The second kappa shape index (κ2) is 11.6. The maximum absolute atomic E-state index is 9.34. The lowest BCUT2D eigenvalue weighted by Gasteiger charge is -2.27. The minimum atomic E-state index is 0. The van der Waals surface area contributed by atoms with Crippen LogP contribution >= 0.6 is 24.0 Å². The molecule has 1 unspecified atom stereocenters. The van der Waals surface area contributed by atoms with E-state index in [2.05, 4.69) is 51.7 Å². The number of hydrogen-bond acceptors (Lipinski definition) is 4. The number of aliphatic hydroxyl groups is 1. The largest absolute Gasteiger partial charge is 0.396 e. The van der Waals surface area contributed by atoms with Crippen molar-refractivity contribution in [3.05, 3.63) is 29.8 Å². The van der Waals surface area contributed by atoms with Gasteiger partial charge in [0.1, 0.15) is 0 Å². The van der Waals surface area contributed by atoms with Crippen molar-refractivity contribution >= 4 is 35.6 Å². The van der Waals surface area contributed by atoms with Gasteiger partial charge >= 0.3 is 0 Å². The van der Waals surface area contributed by atoms with Gasteiger partial charge in [0.2, 0.25) is 0 Å². The van der Waals surface area contributed by atoms with Gasteiger partial charge in [-0.2, -0.15) is 0 Å². The normalized spacial score (nSPS) is 19.8. The van der Waals surface area contributed by atoms with Crippen LogP contribution in [0.3, 0.4) is 0 Å². The molecule has 1 aromatic rings. The van der Waals surface area contributed by atoms with Crippen LogP contribution in [-0.2, 0) is 11.3 Å². The van der Waals surface area contributed by atoms with Gasteiger partial charge in [-0.1, -0.05) is 12.1 Å². The van der Waals surface area contributed by atoms with Crippen LogP contribution in [0.5, 0.6) is 0 Å². The molecular weight excluding hydrogens is 443 g/mol. The number of benzene rings is 1. The maximum Gasteiger partial charge on any atom is 0.191 e. The predicted molar refractivity (Wildman–Crippen MR) is 119 cm³/mol. The first-order valence-electron chi connectivity index (χ1n) is 9.05. The summed E-state index contributed by atoms with van der Waals surface area (Å²) in [5.74, 6) is 0.809. The molecule has 1 atom stereocenters. The molecule has 0 amide bonds. The number of halogens is 1. The smallest absolute Gasteiger partial charge is 0.191 e. The van der Waals surface area contributed by atoms with Gasteiger partial charge in [0.15, 0.2) is 5.96 Å². The fraction of sp³-hybridized carbons (Fsp3) is 0.632. The first-order chi connectivity index (χ1) is 12.1. The van der Waals surface area contributed by atoms with Crippen LogP contribution in [-0.4, -0.2) is 58.1 Å². The number of anilines is 1. The zero-order valence-corrected chi connectivity index (χ0v) is 18.5. The van der Waals surface area contributed by atoms with E-state index < -0.39 is 0 Å². The summed E-state index contributed by atoms with van der Waals surface area (Å²) >= 11 is 0. The summed E-state index contributed by atoms with van der Waals surface area (Å²) in [5, 5.41) is 16.1. The number of hydrogen-bond donors (Lipinski definition) is 3. The Morgan fingerprint density at radius 3 is 2.54 bits per heavy atom. The fourth-order valence-electron chi connectivity index (χ4n) is 2.99. The van der Waals surface area contributed by atoms with Crippen molar-refractivity contribution in [1.82, 2.24) is 10.6 Å². The average molecular weight is 476 g/mol. The molecular formula is C19H33IN4O2. The molecule has 1 saturated heterocycles. The topological polar surface area (TPSA) is 69.1 Å². The van der Waals surface area contributed by atoms with E-state index in [-0.39, 0.29) is 36.0 Å². The van der Waals surface area contributed by atoms with Crippen molar-refractivity contribution in [2.45, 2.75) is 26.3 Å². The molecule has 26 heavy (non-hydrogen) atoms. The molecule has 1 aromatic carbocycles. The Hall–Kier alpha value is -1.06. The van der Waals surface area contributed by atoms with Gasteiger partial charge in [0.05, 0.1) is 13.2 Å². The van der Waals surface area contributed by atoms with Crippen molar-refractivity contribution in [2.24, 2.45) is 10.4 Å². The van der Waals surface area contributed by atoms with E-state index in [1.165, 1.54) is 11.3 Å². The van der Waals surface area contributed by atoms with Gasteiger partial charge in [0, 0.05) is 51.5 Å². The van der Waals surface area contributed by atoms with Gasteiger partial charge in [-0.05, 0) is 37.5 Å². The minimum Gasteiger partial charge on any atom is -0.396 e. The number of nitrogens with one attached hydrogen (secondary N) is 2. The van der Waals surface area contributed by atoms with E-state index in [0.29, 0.717) is 13.2 Å². The SMILES string of the molecule is CCNC(=NCc1ccc(N(C)C)cc1)NCC1(CCO)CCOC1.I. The highest BCUT2D eigenvalue weighted by molar-refractivity contribution is 14.0. The van der Waals surface area contributed by atoms with Crippen LogP contribution in [0.15, 0.2) is 29.3 Å². The van der Waals surface area contributed by atoms with E-state index in [0.717, 1.165) is 38.5 Å². The zero-order valence-electron chi connectivity index (χ0n) is 16.1. The molecule has 0 aliphatic carbocycles. The Morgan fingerprint density at radius 2 is 2.00 bits per heavy atom. The van der Waals surface area contributed by atoms with Crippen molar-refractivity contribution < 1.29 is 9.84 Å². The predicted octanol–water partition coefficient (Wildman–Crippen LogP) is 2.21. The highest BCUT2D eigenvalue weighted by Gasteiger charge is 2.34. The molecule has 0 bridgehead atoms. The Labute approximate surface area is 174 Å². The summed E-state index contributed by atoms with van der Waals surface area (Å²) in [4.78, 5) is 6.77. The molecule has 148 valence electrons. The van der Waals surface area contributed by atoms with Crippen molar-refractivity contribution in [2.75, 3.05) is 51.9 Å². The van der Waals surface area contributed by atoms with E-state index in [9.17, 15) is 5.11 Å². The second-order valence-electron chi connectivity index (χ2n) is 6.89. The Balaban J connectivity index is 0.00000338. The Bertz CT molecular complexity index is 543. The zero-order chi connectivity index (χ0) is 18.1. The summed E-state index contributed by atoms with van der Waals surface area (Å²) < 4.78 is 5.55. The molecule has 2 rings (SSSR count). The summed E-state index contributed by atoms with van der Waals surface area (Å²) in [7, 11) is 4.07. The summed E-state index contributed by atoms with van der Waals surface area (Å²) in [6.45, 7) is 5.93. The van der Waals surface area contributed by atoms with Crippen LogP contribution < -0.4 is 15.5 Å². The molecule has 7 heteroatoms. The third kappa shape index (κ3) is 6.92. The standard InChI is InChI=1S/C19H32N4O2.HI/c1-4-20-18(22-14-19(9-11-24)10-12-25-15-19)21-13-16-5-7-17(8-6-16)23(2)3;/h5-8,24H,4,9-15H2,1-3H3,(H2,20,21,22);1H.